The molecule has 21 heavy (non-hydrogen) atoms. The molecule has 0 aliphatic rings. The molecule has 108 valence electrons. The minimum absolute atomic E-state index is 0.175. The molecule has 0 atom stereocenters. The Balaban J connectivity index is 2.02. The number of halogens is 3. The van der Waals surface area contributed by atoms with Gasteiger partial charge in [-0.3, -0.25) is 0 Å². The van der Waals surface area contributed by atoms with Gasteiger partial charge in [0, 0.05) is 18.4 Å². The molecule has 0 saturated heterocycles. The Morgan fingerprint density at radius 1 is 1.10 bits per heavy atom. The van der Waals surface area contributed by atoms with Gasteiger partial charge in [0.15, 0.2) is 0 Å². The molecule has 0 unspecified atom stereocenters. The molecule has 0 aliphatic heterocycles. The van der Waals surface area contributed by atoms with Gasteiger partial charge in [-0.05, 0) is 29.8 Å². The molecule has 2 aromatic rings. The molecule has 0 spiro atoms. The highest BCUT2D eigenvalue weighted by molar-refractivity contribution is 6.18. The van der Waals surface area contributed by atoms with E-state index in [-0.39, 0.29) is 12.4 Å². The van der Waals surface area contributed by atoms with E-state index in [2.05, 4.69) is 11.8 Å². The highest BCUT2D eigenvalue weighted by atomic mass is 35.5. The lowest BCUT2D eigenvalue weighted by Crippen LogP contribution is -1.97. The Labute approximate surface area is 127 Å². The minimum Gasteiger partial charge on any atom is -0.489 e. The molecule has 2 aromatic carbocycles. The predicted molar refractivity (Wildman–Crippen MR) is 79.3 cm³/mol. The Kier molecular flexibility index (Phi) is 5.59. The van der Waals surface area contributed by atoms with Gasteiger partial charge in [-0.25, -0.2) is 8.78 Å². The number of benzene rings is 2. The van der Waals surface area contributed by atoms with Gasteiger partial charge in [-0.15, -0.1) is 11.6 Å². The monoisotopic (exact) mass is 306 g/mol. The largest absolute Gasteiger partial charge is 0.489 e. The van der Waals surface area contributed by atoms with E-state index in [1.807, 2.05) is 0 Å². The maximum atomic E-state index is 13.8. The van der Waals surface area contributed by atoms with Crippen LogP contribution in [0.15, 0.2) is 42.5 Å². The van der Waals surface area contributed by atoms with Crippen molar-refractivity contribution in [3.8, 4) is 17.6 Å². The van der Waals surface area contributed by atoms with Crippen LogP contribution in [0.2, 0.25) is 0 Å². The first kappa shape index (κ1) is 15.3. The van der Waals surface area contributed by atoms with Crippen LogP contribution in [0.25, 0.3) is 0 Å². The fourth-order valence-corrected chi connectivity index (χ4v) is 1.78. The van der Waals surface area contributed by atoms with E-state index in [1.165, 1.54) is 18.2 Å². The molecular formula is C17H13ClF2O. The topological polar surface area (TPSA) is 9.23 Å². The summed E-state index contributed by atoms with van der Waals surface area (Å²) in [5, 5.41) is 0. The smallest absolute Gasteiger partial charge is 0.142 e. The number of rotatable bonds is 4. The SMILES string of the molecule is Fc1cccc(COc2ccc(C#CCCCl)c(F)c2)c1. The molecule has 0 bridgehead atoms. The Morgan fingerprint density at radius 3 is 2.67 bits per heavy atom. The Hall–Kier alpha value is -2.05. The summed E-state index contributed by atoms with van der Waals surface area (Å²) in [6.45, 7) is 0.175. The summed E-state index contributed by atoms with van der Waals surface area (Å²) in [7, 11) is 0. The molecule has 4 heteroatoms. The van der Waals surface area contributed by atoms with Crippen molar-refractivity contribution in [3.63, 3.8) is 0 Å². The third-order valence-electron chi connectivity index (χ3n) is 2.68. The summed E-state index contributed by atoms with van der Waals surface area (Å²) < 4.78 is 32.2. The highest BCUT2D eigenvalue weighted by Crippen LogP contribution is 2.17. The maximum absolute atomic E-state index is 13.8. The third kappa shape index (κ3) is 4.77. The number of ether oxygens (including phenoxy) is 1. The molecule has 0 radical (unpaired) electrons. The van der Waals surface area contributed by atoms with Crippen LogP contribution in [-0.4, -0.2) is 5.88 Å². The van der Waals surface area contributed by atoms with Crippen molar-refractivity contribution in [2.75, 3.05) is 5.88 Å². The second kappa shape index (κ2) is 7.66. The van der Waals surface area contributed by atoms with Crippen LogP contribution in [0.5, 0.6) is 5.75 Å². The molecule has 0 fully saturated rings. The fourth-order valence-electron chi connectivity index (χ4n) is 1.69. The molecule has 0 aliphatic carbocycles. The first-order valence-electron chi connectivity index (χ1n) is 6.40. The van der Waals surface area contributed by atoms with Crippen LogP contribution in [-0.2, 0) is 6.61 Å². The van der Waals surface area contributed by atoms with Crippen molar-refractivity contribution in [2.24, 2.45) is 0 Å². The lowest BCUT2D eigenvalue weighted by molar-refractivity contribution is 0.304. The van der Waals surface area contributed by atoms with Gasteiger partial charge >= 0.3 is 0 Å². The zero-order chi connectivity index (χ0) is 15.1. The second-order valence-electron chi connectivity index (χ2n) is 4.30. The second-order valence-corrected chi connectivity index (χ2v) is 4.68. The van der Waals surface area contributed by atoms with Crippen LogP contribution >= 0.6 is 11.6 Å². The van der Waals surface area contributed by atoms with Gasteiger partial charge in [0.1, 0.15) is 24.0 Å². The lowest BCUT2D eigenvalue weighted by Gasteiger charge is -2.07. The molecule has 0 amide bonds. The standard InChI is InChI=1S/C17H13ClF2O/c18-9-2-1-5-14-7-8-16(11-17(14)20)21-12-13-4-3-6-15(19)10-13/h3-4,6-8,10-11H,2,9,12H2. The number of alkyl halides is 1. The van der Waals surface area contributed by atoms with Crippen LogP contribution in [0, 0.1) is 23.5 Å². The van der Waals surface area contributed by atoms with E-state index in [4.69, 9.17) is 16.3 Å². The van der Waals surface area contributed by atoms with Crippen molar-refractivity contribution in [2.45, 2.75) is 13.0 Å². The summed E-state index contributed by atoms with van der Waals surface area (Å²) in [5.74, 6) is 5.50. The summed E-state index contributed by atoms with van der Waals surface area (Å²) in [6, 6.07) is 10.5. The Bertz CT molecular complexity index is 674. The third-order valence-corrected chi connectivity index (χ3v) is 2.87. The van der Waals surface area contributed by atoms with Gasteiger partial charge in [-0.2, -0.15) is 0 Å². The molecule has 0 aromatic heterocycles. The summed E-state index contributed by atoms with van der Waals surface area (Å²) in [5.41, 5.74) is 0.986. The van der Waals surface area contributed by atoms with E-state index < -0.39 is 5.82 Å². The van der Waals surface area contributed by atoms with Crippen molar-refractivity contribution in [3.05, 3.63) is 65.2 Å². The van der Waals surface area contributed by atoms with E-state index >= 15 is 0 Å². The van der Waals surface area contributed by atoms with Crippen molar-refractivity contribution < 1.29 is 13.5 Å². The van der Waals surface area contributed by atoms with Crippen LogP contribution in [0.3, 0.4) is 0 Å². The van der Waals surface area contributed by atoms with E-state index in [0.717, 1.165) is 0 Å². The van der Waals surface area contributed by atoms with Gasteiger partial charge < -0.3 is 4.74 Å². The highest BCUT2D eigenvalue weighted by Gasteiger charge is 2.03. The van der Waals surface area contributed by atoms with Gasteiger partial charge in [-0.1, -0.05) is 24.0 Å². The van der Waals surface area contributed by atoms with E-state index in [1.54, 1.807) is 24.3 Å². The van der Waals surface area contributed by atoms with E-state index in [0.29, 0.717) is 29.2 Å². The first-order valence-corrected chi connectivity index (χ1v) is 6.94. The quantitative estimate of drug-likeness (QED) is 0.596. The van der Waals surface area contributed by atoms with Crippen LogP contribution < -0.4 is 4.74 Å². The molecule has 0 N–H and O–H groups in total. The maximum Gasteiger partial charge on any atom is 0.142 e. The minimum atomic E-state index is -0.450. The fraction of sp³-hybridized carbons (Fsp3) is 0.176. The molecule has 0 saturated carbocycles. The van der Waals surface area contributed by atoms with Gasteiger partial charge in [0.05, 0.1) is 5.56 Å². The molecule has 2 rings (SSSR count). The van der Waals surface area contributed by atoms with Crippen molar-refractivity contribution in [1.29, 1.82) is 0 Å². The summed E-state index contributed by atoms with van der Waals surface area (Å²) in [4.78, 5) is 0. The molecule has 0 heterocycles. The average Bonchev–Trinajstić information content (AvgIpc) is 2.47. The van der Waals surface area contributed by atoms with Gasteiger partial charge in [0.25, 0.3) is 0 Å². The van der Waals surface area contributed by atoms with Gasteiger partial charge in [0.2, 0.25) is 0 Å². The normalized spacial score (nSPS) is 9.86. The lowest BCUT2D eigenvalue weighted by atomic mass is 10.2. The zero-order valence-corrected chi connectivity index (χ0v) is 12.0. The predicted octanol–water partition coefficient (Wildman–Crippen LogP) is 4.52. The molecule has 1 nitrogen and oxygen atoms in total. The van der Waals surface area contributed by atoms with Crippen LogP contribution in [0.4, 0.5) is 8.78 Å². The molecular weight excluding hydrogens is 294 g/mol. The Morgan fingerprint density at radius 2 is 1.95 bits per heavy atom. The van der Waals surface area contributed by atoms with Crippen LogP contribution in [0.1, 0.15) is 17.5 Å². The average molecular weight is 307 g/mol. The van der Waals surface area contributed by atoms with E-state index in [9.17, 15) is 8.78 Å². The number of hydrogen-bond donors (Lipinski definition) is 0. The number of hydrogen-bond acceptors (Lipinski definition) is 1. The zero-order valence-electron chi connectivity index (χ0n) is 11.2. The van der Waals surface area contributed by atoms with Crippen molar-refractivity contribution >= 4 is 11.6 Å². The van der Waals surface area contributed by atoms with Crippen molar-refractivity contribution in [1.82, 2.24) is 0 Å². The summed E-state index contributed by atoms with van der Waals surface area (Å²) >= 11 is 5.50. The first-order chi connectivity index (χ1) is 10.2. The summed E-state index contributed by atoms with van der Waals surface area (Å²) in [6.07, 6.45) is 0.513.